The van der Waals surface area contributed by atoms with Crippen LogP contribution in [0.1, 0.15) is 19.4 Å². The molecule has 0 aromatic heterocycles. The Balaban J connectivity index is 2.78. The molecule has 0 heterocycles. The first-order valence-electron chi connectivity index (χ1n) is 5.39. The summed E-state index contributed by atoms with van der Waals surface area (Å²) in [5.74, 6) is -0.655. The molecule has 1 nitrogen and oxygen atoms in total. The van der Waals surface area contributed by atoms with Crippen molar-refractivity contribution >= 4 is 31.9 Å². The molecule has 0 aliphatic rings. The van der Waals surface area contributed by atoms with Gasteiger partial charge in [-0.1, -0.05) is 29.8 Å². The van der Waals surface area contributed by atoms with Crippen molar-refractivity contribution in [3.8, 4) is 0 Å². The van der Waals surface area contributed by atoms with Gasteiger partial charge in [-0.25, -0.2) is 8.78 Å². The summed E-state index contributed by atoms with van der Waals surface area (Å²) in [4.78, 5) is 0. The van der Waals surface area contributed by atoms with Crippen LogP contribution in [0.3, 0.4) is 0 Å². The van der Waals surface area contributed by atoms with Crippen molar-refractivity contribution in [2.24, 2.45) is 5.92 Å². The SMILES string of the molecule is CC(C)C(CBr)NCc1c(F)ccc(Br)c1F. The van der Waals surface area contributed by atoms with E-state index in [9.17, 15) is 8.78 Å². The van der Waals surface area contributed by atoms with Crippen LogP contribution >= 0.6 is 31.9 Å². The van der Waals surface area contributed by atoms with Crippen molar-refractivity contribution in [2.75, 3.05) is 5.33 Å². The van der Waals surface area contributed by atoms with Crippen molar-refractivity contribution in [1.82, 2.24) is 5.32 Å². The predicted octanol–water partition coefficient (Wildman–Crippen LogP) is 4.24. The molecule has 0 fully saturated rings. The van der Waals surface area contributed by atoms with Gasteiger partial charge in [0.1, 0.15) is 11.6 Å². The minimum atomic E-state index is -0.533. The van der Waals surface area contributed by atoms with Gasteiger partial charge in [-0.15, -0.1) is 0 Å². The molecule has 1 aromatic carbocycles. The Bertz CT molecular complexity index is 383. The Kier molecular flexibility index (Phi) is 6.03. The molecule has 0 aliphatic heterocycles. The second kappa shape index (κ2) is 6.81. The molecule has 0 saturated heterocycles. The molecule has 0 spiro atoms. The smallest absolute Gasteiger partial charge is 0.144 e. The molecule has 0 aliphatic carbocycles. The molecule has 0 saturated carbocycles. The van der Waals surface area contributed by atoms with Gasteiger partial charge in [0.25, 0.3) is 0 Å². The maximum absolute atomic E-state index is 13.7. The average molecular weight is 371 g/mol. The fraction of sp³-hybridized carbons (Fsp3) is 0.500. The third-order valence-corrected chi connectivity index (χ3v) is 3.96. The number of benzene rings is 1. The van der Waals surface area contributed by atoms with Gasteiger partial charge in [-0.3, -0.25) is 0 Å². The fourth-order valence-electron chi connectivity index (χ4n) is 1.43. The number of alkyl halides is 1. The van der Waals surface area contributed by atoms with Gasteiger partial charge in [0.2, 0.25) is 0 Å². The third-order valence-electron chi connectivity index (χ3n) is 2.65. The topological polar surface area (TPSA) is 12.0 Å². The lowest BCUT2D eigenvalue weighted by atomic mass is 10.1. The van der Waals surface area contributed by atoms with E-state index in [-0.39, 0.29) is 22.6 Å². The lowest BCUT2D eigenvalue weighted by Crippen LogP contribution is -2.35. The first-order valence-corrected chi connectivity index (χ1v) is 7.30. The summed E-state index contributed by atoms with van der Waals surface area (Å²) in [6.45, 7) is 4.31. The predicted molar refractivity (Wildman–Crippen MR) is 73.3 cm³/mol. The van der Waals surface area contributed by atoms with Crippen LogP contribution in [0.5, 0.6) is 0 Å². The molecule has 0 amide bonds. The Morgan fingerprint density at radius 2 is 1.94 bits per heavy atom. The lowest BCUT2D eigenvalue weighted by Gasteiger charge is -2.20. The van der Waals surface area contributed by atoms with Crippen molar-refractivity contribution in [3.05, 3.63) is 33.8 Å². The molecule has 1 aromatic rings. The maximum Gasteiger partial charge on any atom is 0.144 e. The zero-order valence-corrected chi connectivity index (χ0v) is 12.9. The van der Waals surface area contributed by atoms with Gasteiger partial charge in [0.05, 0.1) is 4.47 Å². The first kappa shape index (κ1) is 15.1. The monoisotopic (exact) mass is 369 g/mol. The molecule has 1 rings (SSSR count). The van der Waals surface area contributed by atoms with E-state index in [2.05, 4.69) is 51.0 Å². The molecule has 1 atom stereocenters. The minimum absolute atomic E-state index is 0.0750. The van der Waals surface area contributed by atoms with Crippen LogP contribution in [0, 0.1) is 17.6 Å². The van der Waals surface area contributed by atoms with E-state index in [1.165, 1.54) is 12.1 Å². The summed E-state index contributed by atoms with van der Waals surface area (Å²) in [6.07, 6.45) is 0. The van der Waals surface area contributed by atoms with Gasteiger partial charge in [-0.2, -0.15) is 0 Å². The molecule has 96 valence electrons. The number of halogens is 4. The van der Waals surface area contributed by atoms with Gasteiger partial charge >= 0.3 is 0 Å². The summed E-state index contributed by atoms with van der Waals surface area (Å²) in [5.41, 5.74) is 0.0750. The molecule has 0 radical (unpaired) electrons. The fourth-order valence-corrected chi connectivity index (χ4v) is 2.78. The summed E-state index contributed by atoms with van der Waals surface area (Å²) in [7, 11) is 0. The normalized spacial score (nSPS) is 13.1. The lowest BCUT2D eigenvalue weighted by molar-refractivity contribution is 0.421. The summed E-state index contributed by atoms with van der Waals surface area (Å²) < 4.78 is 27.4. The Hall–Kier alpha value is -0.0000000000000000555. The molecular formula is C12H15Br2F2N. The summed E-state index contributed by atoms with van der Waals surface area (Å²) in [6, 6.07) is 2.83. The van der Waals surface area contributed by atoms with E-state index < -0.39 is 11.6 Å². The van der Waals surface area contributed by atoms with E-state index in [0.29, 0.717) is 5.92 Å². The van der Waals surface area contributed by atoms with Crippen LogP contribution in [-0.4, -0.2) is 11.4 Å². The van der Waals surface area contributed by atoms with E-state index in [1.807, 2.05) is 0 Å². The summed E-state index contributed by atoms with van der Waals surface area (Å²) in [5, 5.41) is 3.90. The molecular weight excluding hydrogens is 356 g/mol. The number of rotatable bonds is 5. The third kappa shape index (κ3) is 4.00. The van der Waals surface area contributed by atoms with Crippen LogP contribution in [-0.2, 0) is 6.54 Å². The van der Waals surface area contributed by atoms with Crippen LogP contribution < -0.4 is 5.32 Å². The van der Waals surface area contributed by atoms with Crippen molar-refractivity contribution < 1.29 is 8.78 Å². The minimum Gasteiger partial charge on any atom is -0.309 e. The van der Waals surface area contributed by atoms with Crippen LogP contribution in [0.25, 0.3) is 0 Å². The molecule has 0 bridgehead atoms. The Morgan fingerprint density at radius 3 is 2.47 bits per heavy atom. The second-order valence-corrected chi connectivity index (χ2v) is 5.71. The van der Waals surface area contributed by atoms with Gasteiger partial charge in [-0.05, 0) is 34.0 Å². The van der Waals surface area contributed by atoms with Crippen molar-refractivity contribution in [3.63, 3.8) is 0 Å². The Morgan fingerprint density at radius 1 is 1.29 bits per heavy atom. The van der Waals surface area contributed by atoms with Crippen LogP contribution in [0.2, 0.25) is 0 Å². The van der Waals surface area contributed by atoms with Crippen molar-refractivity contribution in [1.29, 1.82) is 0 Å². The average Bonchev–Trinajstić information content (AvgIpc) is 2.28. The largest absolute Gasteiger partial charge is 0.309 e. The number of hydrogen-bond acceptors (Lipinski definition) is 1. The molecule has 17 heavy (non-hydrogen) atoms. The second-order valence-electron chi connectivity index (χ2n) is 4.21. The molecule has 5 heteroatoms. The zero-order chi connectivity index (χ0) is 13.0. The highest BCUT2D eigenvalue weighted by atomic mass is 79.9. The number of nitrogens with one attached hydrogen (secondary N) is 1. The highest BCUT2D eigenvalue weighted by Gasteiger charge is 2.15. The molecule has 1 unspecified atom stereocenters. The van der Waals surface area contributed by atoms with Gasteiger partial charge in [0, 0.05) is 23.5 Å². The standard InChI is InChI=1S/C12H15Br2F2N/c1-7(2)11(5-13)17-6-8-10(15)4-3-9(14)12(8)16/h3-4,7,11,17H,5-6H2,1-2H3. The van der Waals surface area contributed by atoms with E-state index in [4.69, 9.17) is 0 Å². The van der Waals surface area contributed by atoms with Gasteiger partial charge in [0.15, 0.2) is 0 Å². The van der Waals surface area contributed by atoms with Crippen LogP contribution in [0.4, 0.5) is 8.78 Å². The van der Waals surface area contributed by atoms with E-state index in [1.54, 1.807) is 0 Å². The van der Waals surface area contributed by atoms with E-state index in [0.717, 1.165) is 5.33 Å². The van der Waals surface area contributed by atoms with Crippen LogP contribution in [0.15, 0.2) is 16.6 Å². The summed E-state index contributed by atoms with van der Waals surface area (Å²) >= 11 is 6.44. The number of hydrogen-bond donors (Lipinski definition) is 1. The highest BCUT2D eigenvalue weighted by Crippen LogP contribution is 2.21. The molecule has 1 N–H and O–H groups in total. The quantitative estimate of drug-likeness (QED) is 0.603. The first-order chi connectivity index (χ1) is 7.97. The van der Waals surface area contributed by atoms with E-state index >= 15 is 0 Å². The Labute approximate surface area is 117 Å². The highest BCUT2D eigenvalue weighted by molar-refractivity contribution is 9.10. The zero-order valence-electron chi connectivity index (χ0n) is 9.74. The van der Waals surface area contributed by atoms with Crippen molar-refractivity contribution in [2.45, 2.75) is 26.4 Å². The maximum atomic E-state index is 13.7. The van der Waals surface area contributed by atoms with Gasteiger partial charge < -0.3 is 5.32 Å².